The van der Waals surface area contributed by atoms with Gasteiger partial charge in [-0.25, -0.2) is 9.79 Å². The minimum atomic E-state index is -0.431. The normalized spacial score (nSPS) is 14.4. The SMILES string of the molecule is COC(=O)c1ccc(/C=C2/N=C(c3ccc(OC)cc3)N(c3ccc(O)cc3)C2=O)cc1. The number of methoxy groups -OCH3 is 2. The lowest BCUT2D eigenvalue weighted by Crippen LogP contribution is -2.32. The number of esters is 1. The largest absolute Gasteiger partial charge is 0.508 e. The Morgan fingerprint density at radius 2 is 1.59 bits per heavy atom. The van der Waals surface area contributed by atoms with Crippen LogP contribution < -0.4 is 9.64 Å². The van der Waals surface area contributed by atoms with Crippen molar-refractivity contribution in [2.75, 3.05) is 19.1 Å². The van der Waals surface area contributed by atoms with Crippen molar-refractivity contribution in [2.24, 2.45) is 4.99 Å². The van der Waals surface area contributed by atoms with Crippen LogP contribution in [0.3, 0.4) is 0 Å². The lowest BCUT2D eigenvalue weighted by atomic mass is 10.1. The van der Waals surface area contributed by atoms with Crippen molar-refractivity contribution in [2.45, 2.75) is 0 Å². The van der Waals surface area contributed by atoms with E-state index in [0.717, 1.165) is 5.56 Å². The van der Waals surface area contributed by atoms with Gasteiger partial charge in [0.25, 0.3) is 5.91 Å². The number of nitrogens with zero attached hydrogens (tertiary/aromatic N) is 2. The number of rotatable bonds is 5. The van der Waals surface area contributed by atoms with Gasteiger partial charge >= 0.3 is 5.97 Å². The van der Waals surface area contributed by atoms with Crippen molar-refractivity contribution in [3.8, 4) is 11.5 Å². The number of ether oxygens (including phenoxy) is 2. The summed E-state index contributed by atoms with van der Waals surface area (Å²) in [5, 5.41) is 9.64. The third-order valence-corrected chi connectivity index (χ3v) is 4.95. The lowest BCUT2D eigenvalue weighted by Gasteiger charge is -2.18. The van der Waals surface area contributed by atoms with E-state index in [0.29, 0.717) is 28.4 Å². The molecule has 1 aliphatic rings. The summed E-state index contributed by atoms with van der Waals surface area (Å²) < 4.78 is 9.93. The highest BCUT2D eigenvalue weighted by Crippen LogP contribution is 2.29. The average molecular weight is 428 g/mol. The Bertz CT molecular complexity index is 1210. The summed E-state index contributed by atoms with van der Waals surface area (Å²) in [6, 6.07) is 20.3. The van der Waals surface area contributed by atoms with Crippen molar-refractivity contribution in [3.63, 3.8) is 0 Å². The predicted molar refractivity (Wildman–Crippen MR) is 121 cm³/mol. The number of carbonyl (C=O) groups excluding carboxylic acids is 2. The molecule has 1 amide bonds. The number of hydrogen-bond donors (Lipinski definition) is 1. The van der Waals surface area contributed by atoms with E-state index in [4.69, 9.17) is 9.47 Å². The quantitative estimate of drug-likeness (QED) is 0.490. The van der Waals surface area contributed by atoms with Crippen LogP contribution in [0.25, 0.3) is 6.08 Å². The lowest BCUT2D eigenvalue weighted by molar-refractivity contribution is -0.113. The molecule has 7 nitrogen and oxygen atoms in total. The van der Waals surface area contributed by atoms with Crippen LogP contribution in [0.4, 0.5) is 5.69 Å². The molecule has 0 bridgehead atoms. The van der Waals surface area contributed by atoms with Gasteiger partial charge in [0.15, 0.2) is 0 Å². The van der Waals surface area contributed by atoms with Crippen molar-refractivity contribution in [1.82, 2.24) is 0 Å². The molecule has 1 N–H and O–H groups in total. The first-order chi connectivity index (χ1) is 15.5. The molecule has 0 unspecified atom stereocenters. The highest BCUT2D eigenvalue weighted by Gasteiger charge is 2.32. The number of amidine groups is 1. The second-order valence-electron chi connectivity index (χ2n) is 6.96. The Morgan fingerprint density at radius 1 is 0.938 bits per heavy atom. The summed E-state index contributed by atoms with van der Waals surface area (Å²) >= 11 is 0. The summed E-state index contributed by atoms with van der Waals surface area (Å²) in [4.78, 5) is 31.0. The van der Waals surface area contributed by atoms with E-state index < -0.39 is 5.97 Å². The standard InChI is InChI=1S/C25H20N2O5/c1-31-21-13-7-17(8-14-21)23-26-22(15-16-3-5-18(6-4-16)25(30)32-2)24(29)27(23)19-9-11-20(28)12-10-19/h3-15,28H,1-2H3/b22-15+. The van der Waals surface area contributed by atoms with Gasteiger partial charge in [0.1, 0.15) is 23.0 Å². The van der Waals surface area contributed by atoms with Crippen LogP contribution in [0.2, 0.25) is 0 Å². The zero-order chi connectivity index (χ0) is 22.7. The molecule has 3 aromatic carbocycles. The predicted octanol–water partition coefficient (Wildman–Crippen LogP) is 4.02. The maximum Gasteiger partial charge on any atom is 0.337 e. The molecule has 32 heavy (non-hydrogen) atoms. The molecule has 1 heterocycles. The van der Waals surface area contributed by atoms with E-state index >= 15 is 0 Å². The van der Waals surface area contributed by atoms with Crippen LogP contribution in [-0.2, 0) is 9.53 Å². The summed E-state index contributed by atoms with van der Waals surface area (Å²) in [5.41, 5.74) is 2.69. The molecule has 0 spiro atoms. The fraction of sp³-hybridized carbons (Fsp3) is 0.0800. The molecule has 160 valence electrons. The summed E-state index contributed by atoms with van der Waals surface area (Å²) in [7, 11) is 2.91. The van der Waals surface area contributed by atoms with Gasteiger partial charge in [-0.1, -0.05) is 12.1 Å². The Balaban J connectivity index is 1.75. The van der Waals surface area contributed by atoms with Gasteiger partial charge in [0, 0.05) is 5.56 Å². The second kappa shape index (κ2) is 8.77. The van der Waals surface area contributed by atoms with Gasteiger partial charge < -0.3 is 14.6 Å². The van der Waals surface area contributed by atoms with E-state index in [2.05, 4.69) is 4.99 Å². The monoisotopic (exact) mass is 428 g/mol. The third kappa shape index (κ3) is 4.09. The van der Waals surface area contributed by atoms with Gasteiger partial charge in [0.05, 0.1) is 25.5 Å². The molecule has 0 saturated heterocycles. The van der Waals surface area contributed by atoms with Gasteiger partial charge in [-0.3, -0.25) is 9.69 Å². The van der Waals surface area contributed by atoms with E-state index in [1.807, 2.05) is 12.1 Å². The highest BCUT2D eigenvalue weighted by atomic mass is 16.5. The van der Waals surface area contributed by atoms with E-state index in [-0.39, 0.29) is 17.4 Å². The molecule has 1 aliphatic heterocycles. The van der Waals surface area contributed by atoms with Crippen LogP contribution in [0, 0.1) is 0 Å². The molecule has 0 saturated carbocycles. The van der Waals surface area contributed by atoms with Crippen LogP contribution in [0.1, 0.15) is 21.5 Å². The highest BCUT2D eigenvalue weighted by molar-refractivity contribution is 6.33. The molecule has 0 radical (unpaired) electrons. The van der Waals surface area contributed by atoms with Crippen molar-refractivity contribution >= 4 is 29.5 Å². The molecule has 0 aromatic heterocycles. The Labute approximate surface area is 184 Å². The Hall–Kier alpha value is -4.39. The molecular formula is C25H20N2O5. The number of aromatic hydroxyl groups is 1. The number of carbonyl (C=O) groups is 2. The number of benzene rings is 3. The number of phenols is 1. The molecule has 7 heteroatoms. The van der Waals surface area contributed by atoms with Crippen molar-refractivity contribution < 1.29 is 24.2 Å². The third-order valence-electron chi connectivity index (χ3n) is 4.95. The van der Waals surface area contributed by atoms with Crippen LogP contribution in [-0.4, -0.2) is 37.0 Å². The number of aliphatic imine (C=N–C) groups is 1. The zero-order valence-corrected chi connectivity index (χ0v) is 17.5. The molecule has 0 atom stereocenters. The Kier molecular flexibility index (Phi) is 5.72. The molecule has 0 aliphatic carbocycles. The zero-order valence-electron chi connectivity index (χ0n) is 17.5. The van der Waals surface area contributed by atoms with Crippen molar-refractivity contribution in [3.05, 3.63) is 95.2 Å². The average Bonchev–Trinajstić information content (AvgIpc) is 3.15. The number of hydrogen-bond acceptors (Lipinski definition) is 6. The fourth-order valence-electron chi connectivity index (χ4n) is 3.28. The summed E-state index contributed by atoms with van der Waals surface area (Å²) in [5.74, 6) is 0.514. The first-order valence-corrected chi connectivity index (χ1v) is 9.77. The maximum absolute atomic E-state index is 13.3. The van der Waals surface area contributed by atoms with Crippen molar-refractivity contribution in [1.29, 1.82) is 0 Å². The van der Waals surface area contributed by atoms with E-state index in [9.17, 15) is 14.7 Å². The number of phenolic OH excluding ortho intramolecular Hbond substituents is 1. The minimum Gasteiger partial charge on any atom is -0.508 e. The topological polar surface area (TPSA) is 88.4 Å². The smallest absolute Gasteiger partial charge is 0.337 e. The van der Waals surface area contributed by atoms with Gasteiger partial charge in [-0.2, -0.15) is 0 Å². The molecule has 4 rings (SSSR count). The van der Waals surface area contributed by atoms with E-state index in [1.165, 1.54) is 24.1 Å². The molecule has 3 aromatic rings. The number of anilines is 1. The summed E-state index contributed by atoms with van der Waals surface area (Å²) in [6.07, 6.45) is 1.66. The number of amides is 1. The van der Waals surface area contributed by atoms with Crippen LogP contribution in [0.15, 0.2) is 83.5 Å². The summed E-state index contributed by atoms with van der Waals surface area (Å²) in [6.45, 7) is 0. The first kappa shape index (κ1) is 20.9. The van der Waals surface area contributed by atoms with Gasteiger partial charge in [-0.15, -0.1) is 0 Å². The van der Waals surface area contributed by atoms with Gasteiger partial charge in [-0.05, 0) is 72.3 Å². The second-order valence-corrected chi connectivity index (χ2v) is 6.96. The minimum absolute atomic E-state index is 0.102. The van der Waals surface area contributed by atoms with E-state index in [1.54, 1.807) is 61.7 Å². The maximum atomic E-state index is 13.3. The molecule has 0 fully saturated rings. The Morgan fingerprint density at radius 3 is 2.19 bits per heavy atom. The molecular weight excluding hydrogens is 408 g/mol. The van der Waals surface area contributed by atoms with Crippen LogP contribution in [0.5, 0.6) is 11.5 Å². The first-order valence-electron chi connectivity index (χ1n) is 9.77. The fourth-order valence-corrected chi connectivity index (χ4v) is 3.28. The van der Waals surface area contributed by atoms with Crippen LogP contribution >= 0.6 is 0 Å². The van der Waals surface area contributed by atoms with Gasteiger partial charge in [0.2, 0.25) is 0 Å².